The first-order valence-corrected chi connectivity index (χ1v) is 8.40. The molecule has 0 saturated heterocycles. The Morgan fingerprint density at radius 2 is 1.83 bits per heavy atom. The highest BCUT2D eigenvalue weighted by Crippen LogP contribution is 2.31. The largest absolute Gasteiger partial charge is 0.492 e. The third-order valence-electron chi connectivity index (χ3n) is 4.94. The Morgan fingerprint density at radius 1 is 1.04 bits per heavy atom. The lowest BCUT2D eigenvalue weighted by molar-refractivity contribution is -0.127. The Hall–Kier alpha value is -2.29. The van der Waals surface area contributed by atoms with Crippen molar-refractivity contribution < 1.29 is 9.53 Å². The van der Waals surface area contributed by atoms with Crippen LogP contribution in [-0.4, -0.2) is 12.5 Å². The number of carbonyl (C=O) groups is 1. The van der Waals surface area contributed by atoms with Crippen molar-refractivity contribution in [1.82, 2.24) is 5.32 Å². The first-order valence-electron chi connectivity index (χ1n) is 8.40. The van der Waals surface area contributed by atoms with E-state index < -0.39 is 0 Å². The summed E-state index contributed by atoms with van der Waals surface area (Å²) in [5.41, 5.74) is 3.78. The molecule has 0 bridgehead atoms. The molecule has 1 heterocycles. The quantitative estimate of drug-likeness (QED) is 0.923. The number of benzene rings is 2. The van der Waals surface area contributed by atoms with Crippen molar-refractivity contribution in [3.63, 3.8) is 0 Å². The predicted molar refractivity (Wildman–Crippen MR) is 89.4 cm³/mol. The smallest absolute Gasteiger partial charge is 0.227 e. The van der Waals surface area contributed by atoms with E-state index in [1.54, 1.807) is 0 Å². The van der Waals surface area contributed by atoms with Crippen LogP contribution >= 0.6 is 0 Å². The van der Waals surface area contributed by atoms with Gasteiger partial charge in [-0.3, -0.25) is 4.79 Å². The van der Waals surface area contributed by atoms with Crippen molar-refractivity contribution in [2.24, 2.45) is 5.92 Å². The average molecular weight is 307 g/mol. The van der Waals surface area contributed by atoms with Crippen LogP contribution in [0.25, 0.3) is 0 Å². The molecule has 23 heavy (non-hydrogen) atoms. The highest BCUT2D eigenvalue weighted by atomic mass is 16.5. The molecule has 1 amide bonds. The van der Waals surface area contributed by atoms with E-state index in [4.69, 9.17) is 4.74 Å². The fraction of sp³-hybridized carbons (Fsp3) is 0.350. The zero-order chi connectivity index (χ0) is 15.6. The number of amides is 1. The van der Waals surface area contributed by atoms with Crippen molar-refractivity contribution in [2.45, 2.75) is 31.7 Å². The van der Waals surface area contributed by atoms with Gasteiger partial charge in [0.05, 0.1) is 12.0 Å². The number of fused-ring (bicyclic) bond motifs is 2. The van der Waals surface area contributed by atoms with E-state index in [0.29, 0.717) is 6.61 Å². The lowest BCUT2D eigenvalue weighted by atomic mass is 9.87. The lowest BCUT2D eigenvalue weighted by Gasteiger charge is -2.30. The highest BCUT2D eigenvalue weighted by Gasteiger charge is 2.29. The molecule has 2 atom stereocenters. The Labute approximate surface area is 136 Å². The maximum atomic E-state index is 12.7. The van der Waals surface area contributed by atoms with Gasteiger partial charge in [0.15, 0.2) is 0 Å². The number of ether oxygens (including phenoxy) is 1. The second-order valence-electron chi connectivity index (χ2n) is 6.47. The van der Waals surface area contributed by atoms with Crippen molar-refractivity contribution in [1.29, 1.82) is 0 Å². The number of nitrogens with one attached hydrogen (secondary N) is 1. The molecule has 3 heteroatoms. The van der Waals surface area contributed by atoms with E-state index in [0.717, 1.165) is 37.0 Å². The summed E-state index contributed by atoms with van der Waals surface area (Å²) >= 11 is 0. The van der Waals surface area contributed by atoms with Gasteiger partial charge in [0, 0.05) is 0 Å². The second-order valence-corrected chi connectivity index (χ2v) is 6.47. The Kier molecular flexibility index (Phi) is 3.78. The minimum Gasteiger partial charge on any atom is -0.492 e. The summed E-state index contributed by atoms with van der Waals surface area (Å²) in [5, 5.41) is 3.26. The Bertz CT molecular complexity index is 725. The van der Waals surface area contributed by atoms with Crippen LogP contribution in [-0.2, 0) is 17.6 Å². The summed E-state index contributed by atoms with van der Waals surface area (Å²) in [6.07, 6.45) is 4.03. The lowest BCUT2D eigenvalue weighted by Crippen LogP contribution is -2.40. The molecule has 0 aromatic heterocycles. The molecule has 0 unspecified atom stereocenters. The van der Waals surface area contributed by atoms with Crippen molar-refractivity contribution in [3.8, 4) is 5.75 Å². The summed E-state index contributed by atoms with van der Waals surface area (Å²) in [5.74, 6) is 0.930. The maximum absolute atomic E-state index is 12.7. The van der Waals surface area contributed by atoms with E-state index in [1.807, 2.05) is 24.3 Å². The SMILES string of the molecule is O=C(N[C@H]1CCCc2ccccc21)[C@@H]1COc2ccccc2C1. The maximum Gasteiger partial charge on any atom is 0.227 e. The molecule has 0 saturated carbocycles. The fourth-order valence-corrected chi connectivity index (χ4v) is 3.69. The van der Waals surface area contributed by atoms with Crippen molar-refractivity contribution in [2.75, 3.05) is 6.61 Å². The molecule has 0 spiro atoms. The van der Waals surface area contributed by atoms with Crippen LogP contribution in [0.3, 0.4) is 0 Å². The molecule has 4 rings (SSSR count). The molecule has 2 aromatic rings. The van der Waals surface area contributed by atoms with Gasteiger partial charge in [-0.2, -0.15) is 0 Å². The number of rotatable bonds is 2. The minimum atomic E-state index is -0.0982. The van der Waals surface area contributed by atoms with Gasteiger partial charge in [-0.15, -0.1) is 0 Å². The van der Waals surface area contributed by atoms with Gasteiger partial charge in [0.2, 0.25) is 5.91 Å². The van der Waals surface area contributed by atoms with Crippen LogP contribution in [0.1, 0.15) is 35.6 Å². The number of carbonyl (C=O) groups excluding carboxylic acids is 1. The number of hydrogen-bond acceptors (Lipinski definition) is 2. The van der Waals surface area contributed by atoms with Crippen molar-refractivity contribution >= 4 is 5.91 Å². The fourth-order valence-electron chi connectivity index (χ4n) is 3.69. The molecule has 118 valence electrons. The molecular weight excluding hydrogens is 286 g/mol. The standard InChI is InChI=1S/C20H21NO2/c22-20(16-12-15-7-2-4-11-19(15)23-13-16)21-18-10-5-8-14-6-1-3-9-17(14)18/h1-4,6-7,9,11,16,18H,5,8,10,12-13H2,(H,21,22)/t16-,18-/m0/s1. The molecule has 1 aliphatic carbocycles. The zero-order valence-corrected chi connectivity index (χ0v) is 13.1. The third-order valence-corrected chi connectivity index (χ3v) is 4.94. The first-order chi connectivity index (χ1) is 11.3. The minimum absolute atomic E-state index is 0.0982. The van der Waals surface area contributed by atoms with Crippen molar-refractivity contribution in [3.05, 3.63) is 65.2 Å². The summed E-state index contributed by atoms with van der Waals surface area (Å²) in [7, 11) is 0. The van der Waals surface area contributed by atoms with Crippen LogP contribution in [0.5, 0.6) is 5.75 Å². The average Bonchev–Trinajstić information content (AvgIpc) is 2.61. The summed E-state index contributed by atoms with van der Waals surface area (Å²) in [4.78, 5) is 12.7. The molecule has 0 radical (unpaired) electrons. The second kappa shape index (κ2) is 6.07. The summed E-state index contributed by atoms with van der Waals surface area (Å²) in [6, 6.07) is 16.6. The van der Waals surface area contributed by atoms with E-state index in [2.05, 4.69) is 29.6 Å². The number of hydrogen-bond donors (Lipinski definition) is 1. The van der Waals surface area contributed by atoms with E-state index in [-0.39, 0.29) is 17.9 Å². The molecule has 1 aliphatic heterocycles. The number of para-hydroxylation sites is 1. The van der Waals surface area contributed by atoms with Gasteiger partial charge in [0.25, 0.3) is 0 Å². The topological polar surface area (TPSA) is 38.3 Å². The first kappa shape index (κ1) is 14.3. The van der Waals surface area contributed by atoms with Crippen LogP contribution in [0.2, 0.25) is 0 Å². The molecule has 0 fully saturated rings. The van der Waals surface area contributed by atoms with E-state index in [1.165, 1.54) is 11.1 Å². The molecule has 1 N–H and O–H groups in total. The van der Waals surface area contributed by atoms with E-state index >= 15 is 0 Å². The monoisotopic (exact) mass is 307 g/mol. The van der Waals surface area contributed by atoms with Gasteiger partial charge in [-0.1, -0.05) is 42.5 Å². The summed E-state index contributed by atoms with van der Waals surface area (Å²) < 4.78 is 5.76. The van der Waals surface area contributed by atoms with Gasteiger partial charge < -0.3 is 10.1 Å². The van der Waals surface area contributed by atoms with Crippen LogP contribution in [0.4, 0.5) is 0 Å². The Morgan fingerprint density at radius 3 is 2.74 bits per heavy atom. The van der Waals surface area contributed by atoms with Crippen LogP contribution in [0, 0.1) is 5.92 Å². The summed E-state index contributed by atoms with van der Waals surface area (Å²) in [6.45, 7) is 0.469. The van der Waals surface area contributed by atoms with Crippen LogP contribution in [0.15, 0.2) is 48.5 Å². The molecular formula is C20H21NO2. The third kappa shape index (κ3) is 2.83. The molecule has 2 aliphatic rings. The Balaban J connectivity index is 1.47. The van der Waals surface area contributed by atoms with Gasteiger partial charge in [-0.05, 0) is 48.4 Å². The normalized spacial score (nSPS) is 22.4. The molecule has 2 aromatic carbocycles. The van der Waals surface area contributed by atoms with Gasteiger partial charge in [0.1, 0.15) is 12.4 Å². The molecule has 3 nitrogen and oxygen atoms in total. The highest BCUT2D eigenvalue weighted by molar-refractivity contribution is 5.80. The van der Waals surface area contributed by atoms with Crippen LogP contribution < -0.4 is 10.1 Å². The van der Waals surface area contributed by atoms with Gasteiger partial charge in [-0.25, -0.2) is 0 Å². The predicted octanol–water partition coefficient (Wildman–Crippen LogP) is 3.43. The van der Waals surface area contributed by atoms with Gasteiger partial charge >= 0.3 is 0 Å². The van der Waals surface area contributed by atoms with E-state index in [9.17, 15) is 4.79 Å². The number of aryl methyl sites for hydroxylation is 1. The zero-order valence-electron chi connectivity index (χ0n) is 13.1.